The van der Waals surface area contributed by atoms with Crippen molar-refractivity contribution in [2.24, 2.45) is 11.3 Å². The van der Waals surface area contributed by atoms with E-state index < -0.39 is 5.91 Å². The zero-order chi connectivity index (χ0) is 22.3. The molecule has 0 saturated carbocycles. The minimum absolute atomic E-state index is 0.294. The van der Waals surface area contributed by atoms with Gasteiger partial charge in [-0.3, -0.25) is 10.0 Å². The molecule has 0 bridgehead atoms. The average Bonchev–Trinajstić information content (AvgIpc) is 2.97. The van der Waals surface area contributed by atoms with Crippen LogP contribution in [0.3, 0.4) is 0 Å². The zero-order valence-corrected chi connectivity index (χ0v) is 19.3. The maximum Gasteiger partial charge on any atom is 0.267 e. The average molecular weight is 415 g/mol. The van der Waals surface area contributed by atoms with E-state index in [1.807, 2.05) is 12.1 Å². The molecule has 2 aromatic rings. The summed E-state index contributed by atoms with van der Waals surface area (Å²) in [5.41, 5.74) is 4.85. The zero-order valence-electron chi connectivity index (χ0n) is 19.3. The highest BCUT2D eigenvalue weighted by Crippen LogP contribution is 2.28. The second kappa shape index (κ2) is 10.7. The normalized spacial score (nSPS) is 13.5. The molecule has 1 atom stereocenters. The number of aryl methyl sites for hydroxylation is 1. The summed E-state index contributed by atoms with van der Waals surface area (Å²) in [6.07, 6.45) is 6.13. The molecule has 0 fully saturated rings. The van der Waals surface area contributed by atoms with Crippen LogP contribution in [0.2, 0.25) is 0 Å². The first-order chi connectivity index (χ1) is 14.1. The van der Waals surface area contributed by atoms with Gasteiger partial charge in [-0.2, -0.15) is 0 Å². The summed E-state index contributed by atoms with van der Waals surface area (Å²) < 4.78 is 2.35. The van der Waals surface area contributed by atoms with Gasteiger partial charge in [-0.25, -0.2) is 10.5 Å². The fourth-order valence-electron chi connectivity index (χ4n) is 3.97. The van der Waals surface area contributed by atoms with Gasteiger partial charge in [0.1, 0.15) is 5.82 Å². The lowest BCUT2D eigenvalue weighted by Crippen LogP contribution is -2.24. The van der Waals surface area contributed by atoms with Gasteiger partial charge in [0, 0.05) is 25.1 Å². The number of hydrogen-bond donors (Lipinski definition) is 3. The lowest BCUT2D eigenvalue weighted by atomic mass is 9.84. The third-order valence-corrected chi connectivity index (χ3v) is 4.99. The van der Waals surface area contributed by atoms with Gasteiger partial charge in [0.15, 0.2) is 0 Å². The number of benzene rings is 1. The summed E-state index contributed by atoms with van der Waals surface area (Å²) in [6.45, 7) is 15.4. The smallest absolute Gasteiger partial charge is 0.267 e. The number of nitrogens with zero attached hydrogens (tertiary/aromatic N) is 2. The summed E-state index contributed by atoms with van der Waals surface area (Å²) in [7, 11) is 0. The maximum absolute atomic E-state index is 11.3. The molecule has 0 saturated heterocycles. The topological polar surface area (TPSA) is 79.2 Å². The van der Waals surface area contributed by atoms with Crippen LogP contribution in [0.4, 0.5) is 0 Å². The van der Waals surface area contributed by atoms with Gasteiger partial charge in [-0.1, -0.05) is 47.6 Å². The SMILES string of the molecule is CC(Cc1nc2cc(C=CC(=O)NO)ccc2n1CCCNC(C)C)CC(C)(C)C. The van der Waals surface area contributed by atoms with Crippen LogP contribution < -0.4 is 10.8 Å². The minimum Gasteiger partial charge on any atom is -0.328 e. The van der Waals surface area contributed by atoms with Crippen molar-refractivity contribution in [1.82, 2.24) is 20.3 Å². The van der Waals surface area contributed by atoms with Crippen LogP contribution in [0.1, 0.15) is 65.8 Å². The Morgan fingerprint density at radius 3 is 2.63 bits per heavy atom. The van der Waals surface area contributed by atoms with Gasteiger partial charge in [0.2, 0.25) is 0 Å². The van der Waals surface area contributed by atoms with Gasteiger partial charge >= 0.3 is 0 Å². The Morgan fingerprint density at radius 1 is 1.27 bits per heavy atom. The van der Waals surface area contributed by atoms with Gasteiger partial charge in [0.05, 0.1) is 11.0 Å². The molecule has 1 amide bonds. The molecule has 1 unspecified atom stereocenters. The standard InChI is InChI=1S/C24H38N4O2/c1-17(2)25-12-7-13-28-21-10-8-19(9-11-23(29)27-30)15-20(21)26-22(28)14-18(3)16-24(4,5)6/h8-11,15,17-18,25,30H,7,12-14,16H2,1-6H3,(H,27,29). The van der Waals surface area contributed by atoms with Gasteiger partial charge < -0.3 is 9.88 Å². The molecule has 1 heterocycles. The molecule has 0 aliphatic carbocycles. The molecule has 166 valence electrons. The van der Waals surface area contributed by atoms with Crippen molar-refractivity contribution >= 4 is 23.0 Å². The number of amides is 1. The predicted octanol–water partition coefficient (Wildman–Crippen LogP) is 4.56. The molecular weight excluding hydrogens is 376 g/mol. The van der Waals surface area contributed by atoms with E-state index in [9.17, 15) is 4.79 Å². The van der Waals surface area contributed by atoms with E-state index in [2.05, 4.69) is 57.5 Å². The minimum atomic E-state index is -0.546. The summed E-state index contributed by atoms with van der Waals surface area (Å²) in [5.74, 6) is 1.12. The van der Waals surface area contributed by atoms with Crippen molar-refractivity contribution in [3.63, 3.8) is 0 Å². The van der Waals surface area contributed by atoms with Crippen molar-refractivity contribution in [1.29, 1.82) is 0 Å². The number of carbonyl (C=O) groups excluding carboxylic acids is 1. The van der Waals surface area contributed by atoms with E-state index in [1.54, 1.807) is 11.6 Å². The summed E-state index contributed by atoms with van der Waals surface area (Å²) >= 11 is 0. The summed E-state index contributed by atoms with van der Waals surface area (Å²) in [6, 6.07) is 6.54. The first-order valence-electron chi connectivity index (χ1n) is 10.9. The van der Waals surface area contributed by atoms with Crippen molar-refractivity contribution in [2.75, 3.05) is 6.54 Å². The van der Waals surface area contributed by atoms with Crippen LogP contribution in [0, 0.1) is 11.3 Å². The number of hydrogen-bond acceptors (Lipinski definition) is 4. The molecule has 1 aromatic heterocycles. The van der Waals surface area contributed by atoms with Crippen molar-refractivity contribution in [2.45, 2.75) is 73.4 Å². The molecular formula is C24H38N4O2. The van der Waals surface area contributed by atoms with Crippen LogP contribution in [-0.4, -0.2) is 33.3 Å². The molecule has 6 nitrogen and oxygen atoms in total. The van der Waals surface area contributed by atoms with E-state index in [-0.39, 0.29) is 0 Å². The predicted molar refractivity (Wildman–Crippen MR) is 123 cm³/mol. The van der Waals surface area contributed by atoms with E-state index in [1.165, 1.54) is 6.08 Å². The molecule has 0 aliphatic rings. The van der Waals surface area contributed by atoms with Crippen LogP contribution in [-0.2, 0) is 17.8 Å². The van der Waals surface area contributed by atoms with E-state index in [0.717, 1.165) is 54.8 Å². The molecule has 6 heteroatoms. The Hall–Kier alpha value is -2.18. The molecule has 3 N–H and O–H groups in total. The fraction of sp³-hybridized carbons (Fsp3) is 0.583. The second-order valence-electron chi connectivity index (χ2n) is 9.77. The van der Waals surface area contributed by atoms with Crippen molar-refractivity contribution in [3.8, 4) is 0 Å². The Balaban J connectivity index is 2.29. The van der Waals surface area contributed by atoms with Crippen LogP contribution in [0.15, 0.2) is 24.3 Å². The maximum atomic E-state index is 11.3. The molecule has 2 rings (SSSR count). The molecule has 0 radical (unpaired) electrons. The lowest BCUT2D eigenvalue weighted by Gasteiger charge is -2.23. The number of carbonyl (C=O) groups is 1. The van der Waals surface area contributed by atoms with Gasteiger partial charge in [0.25, 0.3) is 5.91 Å². The molecule has 30 heavy (non-hydrogen) atoms. The first-order valence-corrected chi connectivity index (χ1v) is 10.9. The third-order valence-electron chi connectivity index (χ3n) is 4.99. The lowest BCUT2D eigenvalue weighted by molar-refractivity contribution is -0.124. The van der Waals surface area contributed by atoms with Gasteiger partial charge in [-0.15, -0.1) is 0 Å². The molecule has 1 aromatic carbocycles. The number of aromatic nitrogens is 2. The highest BCUT2D eigenvalue weighted by atomic mass is 16.5. The highest BCUT2D eigenvalue weighted by Gasteiger charge is 2.19. The number of hydroxylamine groups is 1. The number of imidazole rings is 1. The quantitative estimate of drug-likeness (QED) is 0.230. The monoisotopic (exact) mass is 414 g/mol. The van der Waals surface area contributed by atoms with Crippen LogP contribution >= 0.6 is 0 Å². The first kappa shape index (κ1) is 24.1. The number of fused-ring (bicyclic) bond motifs is 1. The Labute approximate surface area is 180 Å². The van der Waals surface area contributed by atoms with Crippen LogP contribution in [0.25, 0.3) is 17.1 Å². The van der Waals surface area contributed by atoms with E-state index in [0.29, 0.717) is 17.4 Å². The summed E-state index contributed by atoms with van der Waals surface area (Å²) in [5, 5.41) is 12.1. The van der Waals surface area contributed by atoms with E-state index in [4.69, 9.17) is 10.2 Å². The molecule has 0 spiro atoms. The number of nitrogens with one attached hydrogen (secondary N) is 2. The highest BCUT2D eigenvalue weighted by molar-refractivity contribution is 5.91. The van der Waals surface area contributed by atoms with Crippen molar-refractivity contribution < 1.29 is 10.0 Å². The van der Waals surface area contributed by atoms with Crippen LogP contribution in [0.5, 0.6) is 0 Å². The Morgan fingerprint density at radius 2 is 2.00 bits per heavy atom. The fourth-order valence-corrected chi connectivity index (χ4v) is 3.97. The third kappa shape index (κ3) is 7.58. The van der Waals surface area contributed by atoms with Crippen molar-refractivity contribution in [3.05, 3.63) is 35.7 Å². The Bertz CT molecular complexity index is 862. The molecule has 0 aliphatic heterocycles. The number of rotatable bonds is 10. The van der Waals surface area contributed by atoms with Gasteiger partial charge in [-0.05, 0) is 54.5 Å². The Kier molecular flexibility index (Phi) is 8.62. The second-order valence-corrected chi connectivity index (χ2v) is 9.77. The largest absolute Gasteiger partial charge is 0.328 e. The van der Waals surface area contributed by atoms with E-state index >= 15 is 0 Å². The summed E-state index contributed by atoms with van der Waals surface area (Å²) in [4.78, 5) is 16.2.